The quantitative estimate of drug-likeness (QED) is 0.659. The lowest BCUT2D eigenvalue weighted by Gasteiger charge is -1.68. The van der Waals surface area contributed by atoms with Crippen LogP contribution in [-0.4, -0.2) is 17.2 Å². The van der Waals surface area contributed by atoms with E-state index in [1.807, 2.05) is 0 Å². The first-order valence-electron chi connectivity index (χ1n) is 1.45. The molecule has 40 valence electrons. The van der Waals surface area contributed by atoms with E-state index in [-0.39, 0.29) is 6.16 Å². The van der Waals surface area contributed by atoms with E-state index in [1.165, 1.54) is 0 Å². The van der Waals surface area contributed by atoms with Crippen molar-refractivity contribution < 1.29 is 14.5 Å². The Labute approximate surface area is 49.2 Å². The molecular weight excluding hydrogens is 183 g/mol. The van der Waals surface area contributed by atoms with Gasteiger partial charge in [-0.15, -0.1) is 0 Å². The topological polar surface area (TPSA) is 54.4 Å². The summed E-state index contributed by atoms with van der Waals surface area (Å²) in [6.07, 6.45) is -0.296. The van der Waals surface area contributed by atoms with Crippen LogP contribution in [0.3, 0.4) is 0 Å². The molecule has 7 heavy (non-hydrogen) atoms. The Morgan fingerprint density at radius 3 is 2.29 bits per heavy atom. The van der Waals surface area contributed by atoms with E-state index in [0.717, 1.165) is 0 Å². The summed E-state index contributed by atoms with van der Waals surface area (Å²) in [5, 5.41) is 7.87. The number of rotatable bonds is 2. The van der Waals surface area contributed by atoms with Crippen LogP contribution in [0.4, 0.5) is 0 Å². The summed E-state index contributed by atoms with van der Waals surface area (Å²) in [5.74, 6) is -1.04. The monoisotopic (exact) mass is 185 g/mol. The number of carboxylic acids is 1. The van der Waals surface area contributed by atoms with E-state index in [1.54, 1.807) is 0 Å². The van der Waals surface area contributed by atoms with Gasteiger partial charge in [-0.1, -0.05) is 4.57 Å². The van der Waals surface area contributed by atoms with E-state index in [0.29, 0.717) is 0 Å². The molecule has 5 heteroatoms. The molecule has 0 fully saturated rings. The molecule has 0 amide bonds. The number of hydrogen-bond acceptors (Lipinski definition) is 2. The third-order valence-electron chi connectivity index (χ3n) is 0.260. The maximum Gasteiger partial charge on any atom is 0.428 e. The second-order valence-electron chi connectivity index (χ2n) is 0.869. The van der Waals surface area contributed by atoms with E-state index in [2.05, 4.69) is 15.5 Å². The summed E-state index contributed by atoms with van der Waals surface area (Å²) in [6.45, 7) is -1.68. The molecular formula is C2H3BrO3P+. The highest BCUT2D eigenvalue weighted by molar-refractivity contribution is 9.37. The first-order valence-corrected chi connectivity index (χ1v) is 4.91. The highest BCUT2D eigenvalue weighted by atomic mass is 79.9. The van der Waals surface area contributed by atoms with Gasteiger partial charge in [0.15, 0.2) is 0 Å². The van der Waals surface area contributed by atoms with Crippen LogP contribution < -0.4 is 0 Å². The average molecular weight is 186 g/mol. The molecule has 0 saturated carbocycles. The number of halogens is 1. The maximum atomic E-state index is 9.94. The van der Waals surface area contributed by atoms with Crippen molar-refractivity contribution in [2.45, 2.75) is 0 Å². The van der Waals surface area contributed by atoms with Gasteiger partial charge in [-0.2, -0.15) is 0 Å². The van der Waals surface area contributed by atoms with Crippen LogP contribution in [0.25, 0.3) is 0 Å². The Kier molecular flexibility index (Phi) is 3.13. The molecule has 0 spiro atoms. The van der Waals surface area contributed by atoms with Crippen molar-refractivity contribution in [1.29, 1.82) is 0 Å². The van der Waals surface area contributed by atoms with Gasteiger partial charge < -0.3 is 5.11 Å². The minimum atomic E-state index is -1.68. The predicted octanol–water partition coefficient (Wildman–Crippen LogP) is 1.21. The number of aliphatic carboxylic acids is 1. The molecule has 0 saturated heterocycles. The maximum absolute atomic E-state index is 9.94. The second kappa shape index (κ2) is 3.10. The Hall–Kier alpha value is 0.0500. The lowest BCUT2D eigenvalue weighted by atomic mass is 10.8. The molecule has 0 rings (SSSR count). The van der Waals surface area contributed by atoms with E-state index >= 15 is 0 Å². The van der Waals surface area contributed by atoms with Crippen LogP contribution in [-0.2, 0) is 9.36 Å². The third kappa shape index (κ3) is 6.05. The lowest BCUT2D eigenvalue weighted by Crippen LogP contribution is -1.94. The van der Waals surface area contributed by atoms with Crippen molar-refractivity contribution in [3.05, 3.63) is 0 Å². The molecule has 1 N–H and O–H groups in total. The van der Waals surface area contributed by atoms with Crippen LogP contribution in [0, 0.1) is 0 Å². The zero-order valence-electron chi connectivity index (χ0n) is 3.30. The minimum Gasteiger partial charge on any atom is -0.478 e. The largest absolute Gasteiger partial charge is 0.478 e. The standard InChI is InChI=1S/C2H2BrO3P/c3-7(6)1-2(4)5/h1H2/p+1. The molecule has 1 atom stereocenters. The first-order chi connectivity index (χ1) is 3.13. The SMILES string of the molecule is O=C(O)C[P+](=O)Br. The van der Waals surface area contributed by atoms with Crippen LogP contribution in [0.15, 0.2) is 0 Å². The number of carboxylic acid groups (broad SMARTS) is 1. The zero-order valence-corrected chi connectivity index (χ0v) is 5.78. The van der Waals surface area contributed by atoms with E-state index in [4.69, 9.17) is 5.11 Å². The van der Waals surface area contributed by atoms with Gasteiger partial charge in [0.25, 0.3) is 21.7 Å². The molecule has 1 unspecified atom stereocenters. The van der Waals surface area contributed by atoms with Crippen LogP contribution in [0.1, 0.15) is 0 Å². The Morgan fingerprint density at radius 1 is 1.86 bits per heavy atom. The minimum absolute atomic E-state index is 0.296. The van der Waals surface area contributed by atoms with E-state index in [9.17, 15) is 9.36 Å². The normalized spacial score (nSPS) is 10.7. The molecule has 0 aromatic heterocycles. The summed E-state index contributed by atoms with van der Waals surface area (Å²) >= 11 is 2.60. The van der Waals surface area contributed by atoms with Crippen molar-refractivity contribution in [2.75, 3.05) is 6.16 Å². The fraction of sp³-hybridized carbons (Fsp3) is 0.500. The second-order valence-corrected chi connectivity index (χ2v) is 4.19. The summed E-state index contributed by atoms with van der Waals surface area (Å²) < 4.78 is 9.94. The smallest absolute Gasteiger partial charge is 0.428 e. The number of carbonyl (C=O) groups is 1. The van der Waals surface area contributed by atoms with Gasteiger partial charge in [0, 0.05) is 0 Å². The molecule has 0 radical (unpaired) electrons. The Balaban J connectivity index is 3.32. The van der Waals surface area contributed by atoms with Crippen molar-refractivity contribution in [3.63, 3.8) is 0 Å². The summed E-state index contributed by atoms with van der Waals surface area (Å²) in [7, 11) is 0. The first kappa shape index (κ1) is 7.05. The zero-order chi connectivity index (χ0) is 5.86. The molecule has 0 aromatic rings. The van der Waals surface area contributed by atoms with Gasteiger partial charge in [-0.3, -0.25) is 0 Å². The summed E-state index contributed by atoms with van der Waals surface area (Å²) in [5.41, 5.74) is 0. The van der Waals surface area contributed by atoms with Crippen LogP contribution >= 0.6 is 22.0 Å². The van der Waals surface area contributed by atoms with Gasteiger partial charge in [-0.25, -0.2) is 4.79 Å². The molecule has 0 aromatic carbocycles. The number of hydrogen-bond donors (Lipinski definition) is 1. The van der Waals surface area contributed by atoms with Crippen LogP contribution in [0.5, 0.6) is 0 Å². The van der Waals surface area contributed by atoms with Gasteiger partial charge in [0.05, 0.1) is 0 Å². The van der Waals surface area contributed by atoms with Gasteiger partial charge in [-0.05, 0) is 0 Å². The highest BCUT2D eigenvalue weighted by Crippen LogP contribution is 2.28. The molecule has 0 aliphatic carbocycles. The Bertz CT molecular complexity index is 89.1. The van der Waals surface area contributed by atoms with Gasteiger partial charge in [0.1, 0.15) is 0 Å². The Morgan fingerprint density at radius 2 is 2.29 bits per heavy atom. The van der Waals surface area contributed by atoms with Crippen molar-refractivity contribution in [2.24, 2.45) is 0 Å². The van der Waals surface area contributed by atoms with Crippen molar-refractivity contribution in [3.8, 4) is 0 Å². The highest BCUT2D eigenvalue weighted by Gasteiger charge is 2.14. The third-order valence-corrected chi connectivity index (χ3v) is 1.53. The molecule has 0 aliphatic heterocycles. The molecule has 0 bridgehead atoms. The average Bonchev–Trinajstić information content (AvgIpc) is 1.27. The summed E-state index contributed by atoms with van der Waals surface area (Å²) in [6, 6.07) is 0. The van der Waals surface area contributed by atoms with Crippen LogP contribution in [0.2, 0.25) is 0 Å². The fourth-order valence-electron chi connectivity index (χ4n) is 0.106. The summed E-state index contributed by atoms with van der Waals surface area (Å²) in [4.78, 5) is 9.60. The van der Waals surface area contributed by atoms with E-state index < -0.39 is 12.5 Å². The lowest BCUT2D eigenvalue weighted by molar-refractivity contribution is -0.134. The van der Waals surface area contributed by atoms with Gasteiger partial charge >= 0.3 is 12.5 Å². The van der Waals surface area contributed by atoms with Crippen molar-refractivity contribution in [1.82, 2.24) is 0 Å². The predicted molar refractivity (Wildman–Crippen MR) is 29.0 cm³/mol. The fourth-order valence-corrected chi connectivity index (χ4v) is 0.963. The molecule has 3 nitrogen and oxygen atoms in total. The molecule has 0 aliphatic rings. The molecule has 0 heterocycles. The van der Waals surface area contributed by atoms with Gasteiger partial charge in [0.2, 0.25) is 0 Å². The van der Waals surface area contributed by atoms with Crippen molar-refractivity contribution >= 4 is 28.0 Å².